The minimum atomic E-state index is -0.804. The van der Waals surface area contributed by atoms with Gasteiger partial charge in [-0.2, -0.15) is 4.98 Å². The molecule has 1 fully saturated rings. The number of anilines is 1. The van der Waals surface area contributed by atoms with E-state index in [0.717, 1.165) is 24.2 Å². The summed E-state index contributed by atoms with van der Waals surface area (Å²) in [5.41, 5.74) is 11.6. The van der Waals surface area contributed by atoms with E-state index in [0.29, 0.717) is 57.9 Å². The van der Waals surface area contributed by atoms with Crippen molar-refractivity contribution in [1.29, 1.82) is 0 Å². The van der Waals surface area contributed by atoms with Crippen LogP contribution in [0.5, 0.6) is 0 Å². The van der Waals surface area contributed by atoms with Crippen molar-refractivity contribution in [3.63, 3.8) is 0 Å². The van der Waals surface area contributed by atoms with Gasteiger partial charge in [-0.05, 0) is 37.7 Å². The average molecular weight is 346 g/mol. The van der Waals surface area contributed by atoms with E-state index in [1.807, 2.05) is 0 Å². The molecule has 1 amide bonds. The maximum Gasteiger partial charge on any atom is 0.251 e. The summed E-state index contributed by atoms with van der Waals surface area (Å²) < 4.78 is 5.41. The van der Waals surface area contributed by atoms with Gasteiger partial charge in [-0.15, -0.1) is 11.3 Å². The molecule has 7 nitrogen and oxygen atoms in total. The highest BCUT2D eigenvalue weighted by atomic mass is 32.1. The highest BCUT2D eigenvalue weighted by Gasteiger charge is 2.52. The van der Waals surface area contributed by atoms with Crippen LogP contribution < -0.4 is 11.5 Å². The van der Waals surface area contributed by atoms with Crippen LogP contribution in [0.15, 0.2) is 4.52 Å². The van der Waals surface area contributed by atoms with Crippen molar-refractivity contribution in [1.82, 2.24) is 10.1 Å². The van der Waals surface area contributed by atoms with Crippen LogP contribution in [0.2, 0.25) is 0 Å². The number of carbonyl (C=O) groups is 2. The molecule has 1 atom stereocenters. The summed E-state index contributed by atoms with van der Waals surface area (Å²) in [6.07, 6.45) is 4.04. The zero-order chi connectivity index (χ0) is 17.1. The number of amides is 1. The monoisotopic (exact) mass is 346 g/mol. The molecule has 2 aliphatic rings. The first-order valence-electron chi connectivity index (χ1n) is 7.99. The van der Waals surface area contributed by atoms with Crippen LogP contribution in [0.4, 0.5) is 5.00 Å². The van der Waals surface area contributed by atoms with Crippen molar-refractivity contribution in [3.05, 3.63) is 27.7 Å². The quantitative estimate of drug-likeness (QED) is 0.872. The van der Waals surface area contributed by atoms with E-state index in [1.165, 1.54) is 0 Å². The molecule has 1 saturated carbocycles. The number of hydrogen-bond donors (Lipinski definition) is 2. The fraction of sp³-hybridized carbons (Fsp3) is 0.500. The number of hydrogen-bond acceptors (Lipinski definition) is 7. The minimum Gasteiger partial charge on any atom is -0.390 e. The van der Waals surface area contributed by atoms with E-state index in [4.69, 9.17) is 16.0 Å². The zero-order valence-electron chi connectivity index (χ0n) is 13.3. The third-order valence-electron chi connectivity index (χ3n) is 4.99. The Balaban J connectivity index is 1.84. The summed E-state index contributed by atoms with van der Waals surface area (Å²) in [5.74, 6) is 0.762. The Kier molecular flexibility index (Phi) is 3.28. The van der Waals surface area contributed by atoms with Crippen molar-refractivity contribution in [3.8, 4) is 0 Å². The summed E-state index contributed by atoms with van der Waals surface area (Å²) in [6, 6.07) is 0. The lowest BCUT2D eigenvalue weighted by Crippen LogP contribution is -2.41. The van der Waals surface area contributed by atoms with Crippen molar-refractivity contribution < 1.29 is 14.1 Å². The van der Waals surface area contributed by atoms with Crippen LogP contribution in [0, 0.1) is 12.8 Å². The molecule has 126 valence electrons. The minimum absolute atomic E-state index is 0.0662. The molecule has 2 aromatic rings. The van der Waals surface area contributed by atoms with Crippen LogP contribution >= 0.6 is 11.3 Å². The van der Waals surface area contributed by atoms with E-state index in [2.05, 4.69) is 10.1 Å². The van der Waals surface area contributed by atoms with Gasteiger partial charge in [0, 0.05) is 0 Å². The molecule has 0 aromatic carbocycles. The summed E-state index contributed by atoms with van der Waals surface area (Å²) in [7, 11) is 0. The fourth-order valence-corrected chi connectivity index (χ4v) is 4.80. The first kappa shape index (κ1) is 15.3. The van der Waals surface area contributed by atoms with Gasteiger partial charge in [0.15, 0.2) is 11.6 Å². The Hall–Kier alpha value is -2.22. The second-order valence-electron chi connectivity index (χ2n) is 6.72. The topological polar surface area (TPSA) is 125 Å². The normalized spacial score (nSPS) is 23.3. The third-order valence-corrected chi connectivity index (χ3v) is 6.05. The van der Waals surface area contributed by atoms with E-state index < -0.39 is 11.3 Å². The Bertz CT molecular complexity index is 852. The Morgan fingerprint density at radius 3 is 2.79 bits per heavy atom. The standard InChI is InChI=1S/C16H18N4O3S/c1-7-19-15(23-20-7)16(6-8-2-3-8)5-4-9-10(13(17)22)14(18)24-11(9)12(16)21/h8H,2-6,18H2,1H3,(H2,17,22). The smallest absolute Gasteiger partial charge is 0.251 e. The molecular weight excluding hydrogens is 328 g/mol. The molecule has 0 saturated heterocycles. The molecule has 4 rings (SSSR count). The van der Waals surface area contributed by atoms with Crippen molar-refractivity contribution in [2.75, 3.05) is 5.73 Å². The van der Waals surface area contributed by atoms with Crippen molar-refractivity contribution >= 4 is 28.0 Å². The molecule has 0 radical (unpaired) electrons. The first-order chi connectivity index (χ1) is 11.4. The van der Waals surface area contributed by atoms with Crippen LogP contribution in [-0.2, 0) is 11.8 Å². The molecule has 24 heavy (non-hydrogen) atoms. The van der Waals surface area contributed by atoms with E-state index in [-0.39, 0.29) is 5.78 Å². The summed E-state index contributed by atoms with van der Waals surface area (Å²) >= 11 is 1.14. The third kappa shape index (κ3) is 2.16. The number of rotatable bonds is 4. The van der Waals surface area contributed by atoms with Gasteiger partial charge in [-0.25, -0.2) is 0 Å². The predicted molar refractivity (Wildman–Crippen MR) is 88.0 cm³/mol. The van der Waals surface area contributed by atoms with Gasteiger partial charge in [0.05, 0.1) is 15.4 Å². The summed E-state index contributed by atoms with van der Waals surface area (Å²) in [4.78, 5) is 29.9. The first-order valence-corrected chi connectivity index (χ1v) is 8.80. The number of primary amides is 1. The molecule has 4 N–H and O–H groups in total. The van der Waals surface area contributed by atoms with E-state index >= 15 is 0 Å². The molecule has 2 aliphatic carbocycles. The number of fused-ring (bicyclic) bond motifs is 1. The number of aromatic nitrogens is 2. The Labute approximate surface area is 142 Å². The van der Waals surface area contributed by atoms with Crippen molar-refractivity contribution in [2.24, 2.45) is 11.7 Å². The average Bonchev–Trinajstić information content (AvgIpc) is 3.11. The Morgan fingerprint density at radius 2 is 2.21 bits per heavy atom. The van der Waals surface area contributed by atoms with Gasteiger partial charge in [-0.1, -0.05) is 18.0 Å². The predicted octanol–water partition coefficient (Wildman–Crippen LogP) is 1.99. The van der Waals surface area contributed by atoms with Gasteiger partial charge in [-0.3, -0.25) is 9.59 Å². The zero-order valence-corrected chi connectivity index (χ0v) is 14.1. The van der Waals surface area contributed by atoms with Gasteiger partial charge in [0.2, 0.25) is 5.89 Å². The number of ketones is 1. The number of Topliss-reactive ketones (excluding diaryl/α,β-unsaturated/α-hetero) is 1. The molecular formula is C16H18N4O3S. The van der Waals surface area contributed by atoms with Crippen LogP contribution in [-0.4, -0.2) is 21.8 Å². The molecule has 0 bridgehead atoms. The lowest BCUT2D eigenvalue weighted by atomic mass is 9.69. The number of nitrogens with two attached hydrogens (primary N) is 2. The largest absolute Gasteiger partial charge is 0.390 e. The van der Waals surface area contributed by atoms with Gasteiger partial charge in [0.1, 0.15) is 5.41 Å². The van der Waals surface area contributed by atoms with E-state index in [1.54, 1.807) is 6.92 Å². The maximum atomic E-state index is 13.4. The summed E-state index contributed by atoms with van der Waals surface area (Å²) in [5, 5.41) is 4.18. The van der Waals surface area contributed by atoms with Crippen LogP contribution in [0.25, 0.3) is 0 Å². The van der Waals surface area contributed by atoms with Crippen LogP contribution in [0.3, 0.4) is 0 Å². The highest BCUT2D eigenvalue weighted by Crippen LogP contribution is 2.50. The molecule has 2 heterocycles. The number of nitrogen functional groups attached to an aromatic ring is 1. The number of carbonyl (C=O) groups excluding carboxylic acids is 2. The number of thiophene rings is 1. The molecule has 2 aromatic heterocycles. The van der Waals surface area contributed by atoms with Gasteiger partial charge >= 0.3 is 0 Å². The lowest BCUT2D eigenvalue weighted by molar-refractivity contribution is 0.0804. The molecule has 1 unspecified atom stereocenters. The fourth-order valence-electron chi connectivity index (χ4n) is 3.64. The number of aryl methyl sites for hydroxylation is 1. The van der Waals surface area contributed by atoms with Gasteiger partial charge in [0.25, 0.3) is 5.91 Å². The number of nitrogens with zero attached hydrogens (tertiary/aromatic N) is 2. The van der Waals surface area contributed by atoms with Gasteiger partial charge < -0.3 is 16.0 Å². The maximum absolute atomic E-state index is 13.4. The van der Waals surface area contributed by atoms with Crippen LogP contribution in [0.1, 0.15) is 63.0 Å². The molecule has 0 spiro atoms. The lowest BCUT2D eigenvalue weighted by Gasteiger charge is -2.32. The second-order valence-corrected chi connectivity index (χ2v) is 7.77. The van der Waals surface area contributed by atoms with E-state index in [9.17, 15) is 9.59 Å². The SMILES string of the molecule is Cc1noc(C2(CC3CC3)CCc3c(sc(N)c3C(N)=O)C2=O)n1. The summed E-state index contributed by atoms with van der Waals surface area (Å²) in [6.45, 7) is 1.74. The molecule has 0 aliphatic heterocycles. The van der Waals surface area contributed by atoms with Crippen molar-refractivity contribution in [2.45, 2.75) is 44.4 Å². The highest BCUT2D eigenvalue weighted by molar-refractivity contribution is 7.18. The second kappa shape index (κ2) is 5.14. The molecule has 8 heteroatoms. The Morgan fingerprint density at radius 1 is 1.46 bits per heavy atom.